The number of esters is 1. The molecule has 7 atom stereocenters. The molecule has 5 unspecified atom stereocenters. The van der Waals surface area contributed by atoms with Crippen LogP contribution in [0.15, 0.2) is 35.1 Å². The first kappa shape index (κ1) is 15.5. The SMILES string of the molecule is CC[C@]12CCC3C4=C(C=CC3C1C1CC1[C@@]21CCC(=O)O1)C=C(N)CC4. The van der Waals surface area contributed by atoms with Crippen molar-refractivity contribution >= 4 is 5.97 Å². The van der Waals surface area contributed by atoms with Gasteiger partial charge in [-0.3, -0.25) is 4.79 Å². The summed E-state index contributed by atoms with van der Waals surface area (Å²) in [6.07, 6.45) is 15.8. The highest BCUT2D eigenvalue weighted by atomic mass is 16.6. The number of ether oxygens (including phenoxy) is 1. The largest absolute Gasteiger partial charge is 0.458 e. The third-order valence-corrected chi connectivity index (χ3v) is 9.13. The van der Waals surface area contributed by atoms with Crippen molar-refractivity contribution in [3.63, 3.8) is 0 Å². The van der Waals surface area contributed by atoms with Crippen molar-refractivity contribution < 1.29 is 9.53 Å². The number of nitrogens with two attached hydrogens (primary N) is 1. The molecule has 2 N–H and O–H groups in total. The number of allylic oxidation sites excluding steroid dienone is 6. The minimum Gasteiger partial charge on any atom is -0.458 e. The fourth-order valence-electron chi connectivity index (χ4n) is 8.23. The molecule has 1 spiro atoms. The Morgan fingerprint density at radius 2 is 2.15 bits per heavy atom. The van der Waals surface area contributed by atoms with Gasteiger partial charge in [-0.2, -0.15) is 0 Å². The van der Waals surface area contributed by atoms with Crippen molar-refractivity contribution in [3.05, 3.63) is 35.1 Å². The van der Waals surface area contributed by atoms with E-state index in [1.54, 1.807) is 5.57 Å². The van der Waals surface area contributed by atoms with E-state index in [1.807, 2.05) is 0 Å². The molecule has 0 aromatic rings. The van der Waals surface area contributed by atoms with Crippen molar-refractivity contribution in [2.45, 2.75) is 63.9 Å². The quantitative estimate of drug-likeness (QED) is 0.719. The third kappa shape index (κ3) is 1.64. The first-order chi connectivity index (χ1) is 12.6. The molecule has 1 aliphatic heterocycles. The Morgan fingerprint density at radius 3 is 2.92 bits per heavy atom. The van der Waals surface area contributed by atoms with Crippen LogP contribution in [0.1, 0.15) is 58.3 Å². The Morgan fingerprint density at radius 1 is 1.27 bits per heavy atom. The first-order valence-corrected chi connectivity index (χ1v) is 10.7. The van der Waals surface area contributed by atoms with Gasteiger partial charge in [0.1, 0.15) is 5.60 Å². The molecule has 1 saturated heterocycles. The smallest absolute Gasteiger partial charge is 0.306 e. The van der Waals surface area contributed by atoms with E-state index in [9.17, 15) is 4.79 Å². The molecule has 3 heteroatoms. The Bertz CT molecular complexity index is 792. The Balaban J connectivity index is 1.42. The van der Waals surface area contributed by atoms with E-state index in [4.69, 9.17) is 10.5 Å². The first-order valence-electron chi connectivity index (χ1n) is 10.7. The molecule has 26 heavy (non-hydrogen) atoms. The molecule has 6 rings (SSSR count). The molecule has 0 radical (unpaired) electrons. The van der Waals surface area contributed by atoms with Gasteiger partial charge in [-0.25, -0.2) is 0 Å². The van der Waals surface area contributed by atoms with Gasteiger partial charge in [0, 0.05) is 23.5 Å². The Hall–Kier alpha value is -1.51. The van der Waals surface area contributed by atoms with E-state index < -0.39 is 0 Å². The van der Waals surface area contributed by atoms with E-state index >= 15 is 0 Å². The van der Waals surface area contributed by atoms with Gasteiger partial charge in [-0.15, -0.1) is 0 Å². The lowest BCUT2D eigenvalue weighted by Crippen LogP contribution is -2.55. The van der Waals surface area contributed by atoms with Gasteiger partial charge in [-0.05, 0) is 80.3 Å². The predicted octanol–water partition coefficient (Wildman–Crippen LogP) is 4.25. The zero-order valence-corrected chi connectivity index (χ0v) is 15.7. The topological polar surface area (TPSA) is 52.3 Å². The van der Waals surface area contributed by atoms with Crippen LogP contribution in [0, 0.1) is 35.0 Å². The van der Waals surface area contributed by atoms with E-state index in [0.717, 1.165) is 37.3 Å². The van der Waals surface area contributed by atoms with Crippen molar-refractivity contribution in [3.8, 4) is 0 Å². The van der Waals surface area contributed by atoms with Gasteiger partial charge in [0.15, 0.2) is 0 Å². The second-order valence-electron chi connectivity index (χ2n) is 9.69. The second kappa shape index (κ2) is 4.85. The number of hydrogen-bond donors (Lipinski definition) is 1. The summed E-state index contributed by atoms with van der Waals surface area (Å²) in [6.45, 7) is 2.35. The molecular formula is C23H29NO2. The molecule has 138 valence electrons. The fraction of sp³-hybridized carbons (Fsp3) is 0.696. The van der Waals surface area contributed by atoms with Crippen molar-refractivity contribution in [2.75, 3.05) is 0 Å². The van der Waals surface area contributed by atoms with Gasteiger partial charge in [0.2, 0.25) is 0 Å². The molecule has 0 aromatic heterocycles. The predicted molar refractivity (Wildman–Crippen MR) is 99.8 cm³/mol. The highest BCUT2D eigenvalue weighted by Crippen LogP contribution is 2.78. The maximum absolute atomic E-state index is 12.1. The summed E-state index contributed by atoms with van der Waals surface area (Å²) in [7, 11) is 0. The van der Waals surface area contributed by atoms with Gasteiger partial charge in [0.25, 0.3) is 0 Å². The fourth-order valence-corrected chi connectivity index (χ4v) is 8.23. The highest BCUT2D eigenvalue weighted by Gasteiger charge is 2.79. The summed E-state index contributed by atoms with van der Waals surface area (Å²) in [6, 6.07) is 0. The molecule has 3 saturated carbocycles. The van der Waals surface area contributed by atoms with E-state index in [-0.39, 0.29) is 17.0 Å². The number of carbonyl (C=O) groups excluding carboxylic acids is 1. The molecule has 0 aromatic carbocycles. The standard InChI is InChI=1S/C23H29NO2/c1-2-22-9-7-16-15-6-4-14(24)11-13(15)3-5-17(16)21(22)18-12-19(18)23(22)10-8-20(25)26-23/h3,5,11,16-19,21H,2,4,6-10,12,24H2,1H3/t16?,17?,18?,19?,21?,22-,23-/m0/s1. The second-order valence-corrected chi connectivity index (χ2v) is 9.69. The van der Waals surface area contributed by atoms with Crippen LogP contribution < -0.4 is 5.73 Å². The molecule has 3 nitrogen and oxygen atoms in total. The van der Waals surface area contributed by atoms with Crippen molar-refractivity contribution in [1.82, 2.24) is 0 Å². The number of carbonyl (C=O) groups is 1. The van der Waals surface area contributed by atoms with E-state index in [1.165, 1.54) is 24.8 Å². The van der Waals surface area contributed by atoms with Crippen molar-refractivity contribution in [1.29, 1.82) is 0 Å². The van der Waals surface area contributed by atoms with Gasteiger partial charge >= 0.3 is 5.97 Å². The zero-order chi connectivity index (χ0) is 17.7. The average molecular weight is 351 g/mol. The number of fused-ring (bicyclic) bond motifs is 8. The van der Waals surface area contributed by atoms with Gasteiger partial charge in [-0.1, -0.05) is 24.6 Å². The highest BCUT2D eigenvalue weighted by molar-refractivity contribution is 5.73. The summed E-state index contributed by atoms with van der Waals surface area (Å²) in [4.78, 5) is 12.1. The third-order valence-electron chi connectivity index (χ3n) is 9.13. The lowest BCUT2D eigenvalue weighted by Gasteiger charge is -2.56. The molecule has 1 heterocycles. The van der Waals surface area contributed by atoms with Crippen LogP contribution in [0.3, 0.4) is 0 Å². The average Bonchev–Trinajstić information content (AvgIpc) is 3.29. The molecule has 4 fully saturated rings. The summed E-state index contributed by atoms with van der Waals surface area (Å²) in [5.41, 5.74) is 10.3. The zero-order valence-electron chi connectivity index (χ0n) is 15.7. The lowest BCUT2D eigenvalue weighted by atomic mass is 9.50. The van der Waals surface area contributed by atoms with Crippen LogP contribution >= 0.6 is 0 Å². The van der Waals surface area contributed by atoms with Crippen LogP contribution in [-0.4, -0.2) is 11.6 Å². The minimum absolute atomic E-state index is 0.0586. The Labute approximate surface area is 155 Å². The van der Waals surface area contributed by atoms with Crippen LogP contribution in [0.2, 0.25) is 0 Å². The summed E-state index contributed by atoms with van der Waals surface area (Å²) >= 11 is 0. The molecule has 6 aliphatic rings. The Kier molecular flexibility index (Phi) is 2.90. The number of hydrogen-bond acceptors (Lipinski definition) is 3. The maximum atomic E-state index is 12.1. The normalized spacial score (nSPS) is 50.7. The number of rotatable bonds is 1. The monoisotopic (exact) mass is 351 g/mol. The maximum Gasteiger partial charge on any atom is 0.306 e. The van der Waals surface area contributed by atoms with Gasteiger partial charge in [0.05, 0.1) is 0 Å². The van der Waals surface area contributed by atoms with Crippen LogP contribution in [0.5, 0.6) is 0 Å². The molecule has 0 amide bonds. The molecule has 5 aliphatic carbocycles. The lowest BCUT2D eigenvalue weighted by molar-refractivity contribution is -0.173. The molecular weight excluding hydrogens is 322 g/mol. The van der Waals surface area contributed by atoms with Crippen LogP contribution in [0.4, 0.5) is 0 Å². The summed E-state index contributed by atoms with van der Waals surface area (Å²) in [5.74, 6) is 3.52. The van der Waals surface area contributed by atoms with E-state index in [2.05, 4.69) is 25.2 Å². The summed E-state index contributed by atoms with van der Waals surface area (Å²) in [5, 5.41) is 0. The van der Waals surface area contributed by atoms with Crippen LogP contribution in [0.25, 0.3) is 0 Å². The van der Waals surface area contributed by atoms with Crippen LogP contribution in [-0.2, 0) is 9.53 Å². The van der Waals surface area contributed by atoms with E-state index in [0.29, 0.717) is 30.1 Å². The van der Waals surface area contributed by atoms with Crippen molar-refractivity contribution in [2.24, 2.45) is 40.7 Å². The minimum atomic E-state index is -0.126. The van der Waals surface area contributed by atoms with Gasteiger partial charge < -0.3 is 10.5 Å². The molecule has 0 bridgehead atoms. The summed E-state index contributed by atoms with van der Waals surface area (Å²) < 4.78 is 6.23.